The number of hydrogen-bond acceptors (Lipinski definition) is 6. The highest BCUT2D eigenvalue weighted by Crippen LogP contribution is 2.22. The van der Waals surface area contributed by atoms with E-state index in [0.717, 1.165) is 25.7 Å². The van der Waals surface area contributed by atoms with E-state index in [1.807, 2.05) is 4.57 Å². The molecule has 0 unspecified atom stereocenters. The van der Waals surface area contributed by atoms with Crippen molar-refractivity contribution in [2.75, 3.05) is 11.1 Å². The fourth-order valence-electron chi connectivity index (χ4n) is 3.27. The Labute approximate surface area is 203 Å². The Bertz CT molecular complexity index is 1100. The molecule has 0 spiro atoms. The molecule has 0 radical (unpaired) electrons. The van der Waals surface area contributed by atoms with Crippen LogP contribution in [0.1, 0.15) is 55.7 Å². The number of para-hydroxylation sites is 1. The average Bonchev–Trinajstić information content (AvgIpc) is 3.22. The van der Waals surface area contributed by atoms with Crippen LogP contribution >= 0.6 is 11.8 Å². The highest BCUT2D eigenvalue weighted by molar-refractivity contribution is 7.99. The maximum absolute atomic E-state index is 13.9. The summed E-state index contributed by atoms with van der Waals surface area (Å²) in [6.07, 6.45) is 4.28. The lowest BCUT2D eigenvalue weighted by Gasteiger charge is -2.11. The number of carbonyl (C=O) groups is 2. The summed E-state index contributed by atoms with van der Waals surface area (Å²) in [6, 6.07) is 13.0. The first-order valence-electron chi connectivity index (χ1n) is 11.3. The van der Waals surface area contributed by atoms with Crippen LogP contribution in [-0.2, 0) is 17.9 Å². The van der Waals surface area contributed by atoms with Crippen LogP contribution in [0.25, 0.3) is 0 Å². The zero-order valence-electron chi connectivity index (χ0n) is 19.4. The first-order valence-corrected chi connectivity index (χ1v) is 12.3. The van der Waals surface area contributed by atoms with Crippen molar-refractivity contribution in [1.82, 2.24) is 14.8 Å². The minimum atomic E-state index is -0.431. The molecule has 2 aromatic carbocycles. The molecule has 3 rings (SSSR count). The van der Waals surface area contributed by atoms with Crippen LogP contribution in [0.3, 0.4) is 0 Å². The monoisotopic (exact) mass is 484 g/mol. The predicted molar refractivity (Wildman–Crippen MR) is 131 cm³/mol. The smallest absolute Gasteiger partial charge is 0.234 e. The summed E-state index contributed by atoms with van der Waals surface area (Å²) < 4.78 is 21.5. The van der Waals surface area contributed by atoms with Gasteiger partial charge in [0.2, 0.25) is 5.91 Å². The van der Waals surface area contributed by atoms with Crippen molar-refractivity contribution in [3.63, 3.8) is 0 Å². The third-order valence-electron chi connectivity index (χ3n) is 5.13. The molecule has 3 aromatic rings. The first-order chi connectivity index (χ1) is 16.5. The van der Waals surface area contributed by atoms with Crippen LogP contribution in [-0.4, -0.2) is 32.2 Å². The fraction of sp³-hybridized carbons (Fsp3) is 0.360. The number of rotatable bonds is 13. The van der Waals surface area contributed by atoms with E-state index in [1.165, 1.54) is 24.8 Å². The van der Waals surface area contributed by atoms with E-state index >= 15 is 0 Å². The summed E-state index contributed by atoms with van der Waals surface area (Å²) in [7, 11) is 0. The van der Waals surface area contributed by atoms with Crippen molar-refractivity contribution >= 4 is 29.1 Å². The van der Waals surface area contributed by atoms with Gasteiger partial charge in [-0.25, -0.2) is 4.39 Å². The number of amides is 1. The van der Waals surface area contributed by atoms with Gasteiger partial charge in [-0.2, -0.15) is 0 Å². The molecule has 1 N–H and O–H groups in total. The lowest BCUT2D eigenvalue weighted by molar-refractivity contribution is -0.113. The Hall–Kier alpha value is -3.20. The van der Waals surface area contributed by atoms with Crippen LogP contribution in [0.15, 0.2) is 53.7 Å². The van der Waals surface area contributed by atoms with Crippen LogP contribution in [0, 0.1) is 5.82 Å². The molecule has 0 bridgehead atoms. The van der Waals surface area contributed by atoms with E-state index in [1.54, 1.807) is 42.5 Å². The van der Waals surface area contributed by atoms with E-state index in [9.17, 15) is 14.0 Å². The Morgan fingerprint density at radius 2 is 1.82 bits per heavy atom. The summed E-state index contributed by atoms with van der Waals surface area (Å²) in [5.74, 6) is 0.246. The van der Waals surface area contributed by atoms with Crippen LogP contribution in [0.4, 0.5) is 10.1 Å². The highest BCUT2D eigenvalue weighted by Gasteiger charge is 2.16. The van der Waals surface area contributed by atoms with Gasteiger partial charge in [-0.05, 0) is 49.7 Å². The maximum atomic E-state index is 13.9. The number of Topliss-reactive ketones (excluding diaryl/α,β-unsaturated/α-hetero) is 1. The van der Waals surface area contributed by atoms with Gasteiger partial charge in [-0.3, -0.25) is 9.59 Å². The Balaban J connectivity index is 1.62. The van der Waals surface area contributed by atoms with Crippen LogP contribution < -0.4 is 10.1 Å². The van der Waals surface area contributed by atoms with Crippen molar-refractivity contribution < 1.29 is 18.7 Å². The third kappa shape index (κ3) is 7.41. The summed E-state index contributed by atoms with van der Waals surface area (Å²) in [5.41, 5.74) is 1.21. The molecule has 0 aliphatic carbocycles. The standard InChI is InChI=1S/C25H29FN4O3S/c1-3-4-5-8-15-30-23(16-33-22-10-7-6-9-21(22)26)28-29-25(30)34-17-24(32)27-20-13-11-19(12-14-20)18(2)31/h6-7,9-14H,3-5,8,15-17H2,1-2H3,(H,27,32). The lowest BCUT2D eigenvalue weighted by Crippen LogP contribution is -2.15. The Morgan fingerprint density at radius 1 is 1.06 bits per heavy atom. The summed E-state index contributed by atoms with van der Waals surface area (Å²) in [5, 5.41) is 11.9. The molecule has 0 saturated heterocycles. The molecule has 0 atom stereocenters. The van der Waals surface area contributed by atoms with E-state index in [2.05, 4.69) is 22.4 Å². The zero-order valence-corrected chi connectivity index (χ0v) is 20.2. The molecular formula is C25H29FN4O3S. The second kappa shape index (κ2) is 12.9. The van der Waals surface area contributed by atoms with Gasteiger partial charge in [-0.1, -0.05) is 50.1 Å². The van der Waals surface area contributed by atoms with E-state index < -0.39 is 5.82 Å². The van der Waals surface area contributed by atoms with Gasteiger partial charge in [-0.15, -0.1) is 10.2 Å². The number of nitrogens with zero attached hydrogens (tertiary/aromatic N) is 3. The quantitative estimate of drug-likeness (QED) is 0.196. The van der Waals surface area contributed by atoms with E-state index in [4.69, 9.17) is 4.74 Å². The highest BCUT2D eigenvalue weighted by atomic mass is 32.2. The maximum Gasteiger partial charge on any atom is 0.234 e. The molecule has 9 heteroatoms. The molecule has 1 aromatic heterocycles. The number of aromatic nitrogens is 3. The number of unbranched alkanes of at least 4 members (excludes halogenated alkanes) is 3. The lowest BCUT2D eigenvalue weighted by atomic mass is 10.1. The van der Waals surface area contributed by atoms with Gasteiger partial charge in [0.25, 0.3) is 0 Å². The fourth-order valence-corrected chi connectivity index (χ4v) is 4.06. The normalized spacial score (nSPS) is 10.8. The van der Waals surface area contributed by atoms with Gasteiger partial charge in [0, 0.05) is 17.8 Å². The zero-order chi connectivity index (χ0) is 24.3. The molecule has 180 valence electrons. The topological polar surface area (TPSA) is 86.1 Å². The number of anilines is 1. The number of carbonyl (C=O) groups excluding carboxylic acids is 2. The van der Waals surface area contributed by atoms with Crippen molar-refractivity contribution in [3.8, 4) is 5.75 Å². The molecule has 0 fully saturated rings. The second-order valence-corrected chi connectivity index (χ2v) is 8.74. The van der Waals surface area contributed by atoms with Gasteiger partial charge >= 0.3 is 0 Å². The van der Waals surface area contributed by atoms with Gasteiger partial charge in [0.1, 0.15) is 6.61 Å². The molecule has 0 aliphatic heterocycles. The Morgan fingerprint density at radius 3 is 2.53 bits per heavy atom. The van der Waals surface area contributed by atoms with E-state index in [0.29, 0.717) is 28.8 Å². The van der Waals surface area contributed by atoms with Gasteiger partial charge in [0.15, 0.2) is 28.3 Å². The SMILES string of the molecule is CCCCCCn1c(COc2ccccc2F)nnc1SCC(=O)Nc1ccc(C(C)=O)cc1. The Kier molecular flexibility index (Phi) is 9.63. The molecule has 34 heavy (non-hydrogen) atoms. The summed E-state index contributed by atoms with van der Waals surface area (Å²) in [6.45, 7) is 4.43. The number of ketones is 1. The predicted octanol–water partition coefficient (Wildman–Crippen LogP) is 5.51. The number of thioether (sulfide) groups is 1. The molecule has 0 saturated carbocycles. The molecule has 7 nitrogen and oxygen atoms in total. The minimum absolute atomic E-state index is 0.0264. The van der Waals surface area contributed by atoms with Crippen molar-refractivity contribution in [2.24, 2.45) is 0 Å². The van der Waals surface area contributed by atoms with Crippen LogP contribution in [0.2, 0.25) is 0 Å². The van der Waals surface area contributed by atoms with Crippen molar-refractivity contribution in [2.45, 2.75) is 57.8 Å². The van der Waals surface area contributed by atoms with Crippen molar-refractivity contribution in [1.29, 1.82) is 0 Å². The number of ether oxygens (including phenoxy) is 1. The number of benzene rings is 2. The largest absolute Gasteiger partial charge is 0.483 e. The minimum Gasteiger partial charge on any atom is -0.483 e. The molecule has 0 aliphatic rings. The van der Waals surface area contributed by atoms with Crippen molar-refractivity contribution in [3.05, 3.63) is 65.7 Å². The molecule has 1 heterocycles. The van der Waals surface area contributed by atoms with E-state index in [-0.39, 0.29) is 29.8 Å². The third-order valence-corrected chi connectivity index (χ3v) is 6.10. The molecule has 1 amide bonds. The first kappa shape index (κ1) is 25.4. The summed E-state index contributed by atoms with van der Waals surface area (Å²) in [4.78, 5) is 23.8. The van der Waals surface area contributed by atoms with Gasteiger partial charge < -0.3 is 14.6 Å². The summed E-state index contributed by atoms with van der Waals surface area (Å²) >= 11 is 1.29. The number of halogens is 1. The van der Waals surface area contributed by atoms with Crippen LogP contribution in [0.5, 0.6) is 5.75 Å². The molecular weight excluding hydrogens is 455 g/mol. The second-order valence-electron chi connectivity index (χ2n) is 7.80. The van der Waals surface area contributed by atoms with Gasteiger partial charge in [0.05, 0.1) is 5.75 Å². The average molecular weight is 485 g/mol. The number of nitrogens with one attached hydrogen (secondary N) is 1. The number of hydrogen-bond donors (Lipinski definition) is 1.